The van der Waals surface area contributed by atoms with Gasteiger partial charge in [-0.1, -0.05) is 28.2 Å². The maximum Gasteiger partial charge on any atom is 0.211 e. The molecule has 1 heterocycles. The van der Waals surface area contributed by atoms with Crippen molar-refractivity contribution in [2.45, 2.75) is 28.2 Å². The minimum atomic E-state index is -1.67. The number of alkyl halides is 2. The van der Waals surface area contributed by atoms with Crippen LogP contribution in [-0.2, 0) is 9.23 Å². The van der Waals surface area contributed by atoms with Gasteiger partial charge in [-0.3, -0.25) is 0 Å². The summed E-state index contributed by atoms with van der Waals surface area (Å²) in [5.74, 6) is -3.73. The van der Waals surface area contributed by atoms with Crippen molar-refractivity contribution in [2.24, 2.45) is 0 Å². The molecule has 0 unspecified atom stereocenters. The number of rotatable bonds is 3. The molecule has 0 amide bonds. The van der Waals surface area contributed by atoms with E-state index in [9.17, 15) is 17.6 Å². The number of halogens is 8. The van der Waals surface area contributed by atoms with E-state index in [-0.39, 0.29) is 24.1 Å². The quantitative estimate of drug-likeness (QED) is 0.133. The van der Waals surface area contributed by atoms with E-state index in [0.717, 1.165) is 36.0 Å². The van der Waals surface area contributed by atoms with Crippen LogP contribution in [0.5, 0.6) is 0 Å². The molecule has 0 aliphatic rings. The van der Waals surface area contributed by atoms with Gasteiger partial charge in [0.2, 0.25) is 9.23 Å². The van der Waals surface area contributed by atoms with Crippen LogP contribution in [0.25, 0.3) is 11.0 Å². The fourth-order valence-corrected chi connectivity index (χ4v) is 2.54. The summed E-state index contributed by atoms with van der Waals surface area (Å²) in [6, 6.07) is 3.78. The van der Waals surface area contributed by atoms with Crippen molar-refractivity contribution < 1.29 is 21.8 Å². The first-order valence-electron chi connectivity index (χ1n) is 9.53. The molecule has 0 radical (unpaired) electrons. The first kappa shape index (κ1) is 39.4. The standard InChI is InChI=1S/C6H2F2N2S.C6H6F2N2.C6H15N.CH2Cl2.CH4.Cl2OS/c7-3-1-5-6(2-4(3)8)10-11-9-5;7-3-1-5(9)6(10)2-4(3)8;1-4-7(5-2)6-3;2-1-3;;1-4(2)3/h1-2H;1-2H,9-10H2;4-6H2,1-3H3;1H2;1H4;. The molecule has 16 heteroatoms. The Morgan fingerprint density at radius 3 is 1.28 bits per heavy atom. The van der Waals surface area contributed by atoms with Crippen molar-refractivity contribution in [1.29, 1.82) is 0 Å². The Hall–Kier alpha value is -1.15. The molecule has 4 N–H and O–H groups in total. The van der Waals surface area contributed by atoms with E-state index in [4.69, 9.17) is 38.9 Å². The zero-order valence-electron chi connectivity index (χ0n) is 18.9. The summed E-state index contributed by atoms with van der Waals surface area (Å²) in [6.07, 6.45) is 0. The van der Waals surface area contributed by atoms with Gasteiger partial charge in [0.1, 0.15) is 11.0 Å². The number of nitrogens with two attached hydrogens (primary N) is 2. The van der Waals surface area contributed by atoms with Crippen molar-refractivity contribution in [3.05, 3.63) is 47.5 Å². The average Bonchev–Trinajstić information content (AvgIpc) is 3.22. The Balaban J connectivity index is -0.000000405. The van der Waals surface area contributed by atoms with Gasteiger partial charge >= 0.3 is 0 Å². The highest BCUT2D eigenvalue weighted by molar-refractivity contribution is 8.26. The van der Waals surface area contributed by atoms with Gasteiger partial charge in [0.25, 0.3) is 0 Å². The Morgan fingerprint density at radius 2 is 1.06 bits per heavy atom. The molecule has 1 aromatic heterocycles. The molecule has 3 rings (SSSR count). The Labute approximate surface area is 234 Å². The highest BCUT2D eigenvalue weighted by Crippen LogP contribution is 2.18. The lowest BCUT2D eigenvalue weighted by Gasteiger charge is -2.13. The molecule has 0 saturated heterocycles. The highest BCUT2D eigenvalue weighted by atomic mass is 36.0. The molecule has 0 spiro atoms. The largest absolute Gasteiger partial charge is 0.397 e. The lowest BCUT2D eigenvalue weighted by atomic mass is 10.2. The molecule has 2 aromatic carbocycles. The van der Waals surface area contributed by atoms with Gasteiger partial charge in [0, 0.05) is 45.6 Å². The van der Waals surface area contributed by atoms with Crippen molar-refractivity contribution in [3.8, 4) is 0 Å². The molecule has 36 heavy (non-hydrogen) atoms. The van der Waals surface area contributed by atoms with Crippen LogP contribution in [0.15, 0.2) is 24.3 Å². The van der Waals surface area contributed by atoms with Crippen LogP contribution < -0.4 is 11.5 Å². The van der Waals surface area contributed by atoms with Gasteiger partial charge < -0.3 is 16.4 Å². The number of benzene rings is 2. The van der Waals surface area contributed by atoms with Gasteiger partial charge in [-0.25, -0.2) is 21.8 Å². The number of fused-ring (bicyclic) bond motifs is 1. The number of nitrogen functional groups attached to an aromatic ring is 2. The van der Waals surface area contributed by atoms with Gasteiger partial charge in [0.05, 0.1) is 28.4 Å². The minimum absolute atomic E-state index is 0. The first-order valence-corrected chi connectivity index (χ1v) is 14.1. The maximum atomic E-state index is 12.5. The maximum absolute atomic E-state index is 12.5. The number of anilines is 2. The normalized spacial score (nSPS) is 9.47. The zero-order valence-corrected chi connectivity index (χ0v) is 23.5. The average molecular weight is 637 g/mol. The Morgan fingerprint density at radius 1 is 0.806 bits per heavy atom. The molecule has 0 bridgehead atoms. The lowest BCUT2D eigenvalue weighted by molar-refractivity contribution is 0.321. The number of hydrogen-bond donors (Lipinski definition) is 2. The topological polar surface area (TPSA) is 98.1 Å². The van der Waals surface area contributed by atoms with E-state index in [2.05, 4.69) is 55.8 Å². The monoisotopic (exact) mass is 635 g/mol. The number of nitrogens with zero attached hydrogens (tertiary/aromatic N) is 3. The van der Waals surface area contributed by atoms with Crippen LogP contribution in [0.3, 0.4) is 0 Å². The summed E-state index contributed by atoms with van der Waals surface area (Å²) in [4.78, 5) is 2.38. The van der Waals surface area contributed by atoms with Crippen LogP contribution in [-0.4, -0.2) is 42.8 Å². The minimum Gasteiger partial charge on any atom is -0.397 e. The van der Waals surface area contributed by atoms with Crippen LogP contribution >= 0.6 is 56.3 Å². The third kappa shape index (κ3) is 18.1. The Kier molecular flexibility index (Phi) is 25.2. The molecule has 0 fully saturated rings. The summed E-state index contributed by atoms with van der Waals surface area (Å²) in [5, 5.41) is 0.194. The van der Waals surface area contributed by atoms with E-state index in [1.165, 1.54) is 19.6 Å². The molecule has 0 aliphatic carbocycles. The summed E-state index contributed by atoms with van der Waals surface area (Å²) in [7, 11) is 7.36. The number of aromatic nitrogens is 2. The highest BCUT2D eigenvalue weighted by Gasteiger charge is 2.06. The fourth-order valence-electron chi connectivity index (χ4n) is 2.03. The van der Waals surface area contributed by atoms with Crippen LogP contribution in [0.4, 0.5) is 28.9 Å². The van der Waals surface area contributed by atoms with Gasteiger partial charge in [0.15, 0.2) is 23.3 Å². The van der Waals surface area contributed by atoms with Gasteiger partial charge in [-0.15, -0.1) is 23.2 Å². The van der Waals surface area contributed by atoms with Crippen molar-refractivity contribution in [3.63, 3.8) is 0 Å². The predicted octanol–water partition coefficient (Wildman–Crippen LogP) is 7.55. The molecule has 3 aromatic rings. The van der Waals surface area contributed by atoms with Crippen molar-refractivity contribution in [1.82, 2.24) is 13.6 Å². The van der Waals surface area contributed by atoms with Gasteiger partial charge in [-0.2, -0.15) is 8.75 Å². The van der Waals surface area contributed by atoms with E-state index in [1.807, 2.05) is 0 Å². The summed E-state index contributed by atoms with van der Waals surface area (Å²) < 4.78 is 66.0. The predicted molar refractivity (Wildman–Crippen MR) is 149 cm³/mol. The molecule has 208 valence electrons. The third-order valence-electron chi connectivity index (χ3n) is 3.76. The smallest absolute Gasteiger partial charge is 0.211 e. The molecule has 0 atom stereocenters. The van der Waals surface area contributed by atoms with Gasteiger partial charge in [-0.05, 0) is 19.6 Å². The second kappa shape index (κ2) is 23.0. The van der Waals surface area contributed by atoms with Crippen molar-refractivity contribution >= 4 is 87.9 Å². The SMILES string of the molecule is C.CCN(CC)CC.ClCCl.Fc1cc2nsnc2cc1F.Nc1cc(F)c(F)cc1N.O=S(Cl)Cl. The molecule has 0 saturated carbocycles. The second-order valence-corrected chi connectivity index (χ2v) is 9.68. The third-order valence-corrected chi connectivity index (χ3v) is 4.32. The molecular formula is C20H29Cl4F4N5OS2. The first-order chi connectivity index (χ1) is 16.4. The van der Waals surface area contributed by atoms with Crippen molar-refractivity contribution in [2.75, 3.05) is 36.4 Å². The van der Waals surface area contributed by atoms with E-state index < -0.39 is 32.5 Å². The number of hydrogen-bond acceptors (Lipinski definition) is 7. The van der Waals surface area contributed by atoms with Crippen LogP contribution in [0.1, 0.15) is 28.2 Å². The molecular weight excluding hydrogens is 608 g/mol. The van der Waals surface area contributed by atoms with E-state index >= 15 is 0 Å². The molecule has 0 aliphatic heterocycles. The molecule has 6 nitrogen and oxygen atoms in total. The van der Waals surface area contributed by atoms with Crippen LogP contribution in [0.2, 0.25) is 0 Å². The summed E-state index contributed by atoms with van der Waals surface area (Å²) >= 11 is 10.5. The lowest BCUT2D eigenvalue weighted by Crippen LogP contribution is -2.21. The zero-order chi connectivity index (χ0) is 27.6. The fraction of sp³-hybridized carbons (Fsp3) is 0.400. The van der Waals surface area contributed by atoms with E-state index in [1.54, 1.807) is 0 Å². The second-order valence-electron chi connectivity index (χ2n) is 5.82. The van der Waals surface area contributed by atoms with Crippen LogP contribution in [0, 0.1) is 23.3 Å². The summed E-state index contributed by atoms with van der Waals surface area (Å²) in [5.41, 5.74) is 11.2. The Bertz CT molecular complexity index is 922. The van der Waals surface area contributed by atoms with E-state index in [0.29, 0.717) is 11.0 Å². The summed E-state index contributed by atoms with van der Waals surface area (Å²) in [6.45, 7) is 10.1.